The Morgan fingerprint density at radius 1 is 1.09 bits per heavy atom. The lowest BCUT2D eigenvalue weighted by atomic mass is 10.0. The highest BCUT2D eigenvalue weighted by molar-refractivity contribution is 5.80. The lowest BCUT2D eigenvalue weighted by Crippen LogP contribution is -2.48. The van der Waals surface area contributed by atoms with Gasteiger partial charge in [-0.05, 0) is 57.4 Å². The van der Waals surface area contributed by atoms with Crippen LogP contribution in [0.3, 0.4) is 0 Å². The van der Waals surface area contributed by atoms with Crippen LogP contribution in [0.5, 0.6) is 11.5 Å². The highest BCUT2D eigenvalue weighted by Gasteiger charge is 2.30. The zero-order valence-corrected chi connectivity index (χ0v) is 19.9. The summed E-state index contributed by atoms with van der Waals surface area (Å²) < 4.78 is 11.4. The van der Waals surface area contributed by atoms with Gasteiger partial charge < -0.3 is 24.4 Å². The first-order valence-corrected chi connectivity index (χ1v) is 11.3. The molecular formula is C26H34N2O5. The van der Waals surface area contributed by atoms with Crippen LogP contribution in [0.1, 0.15) is 44.7 Å². The predicted molar refractivity (Wildman–Crippen MR) is 126 cm³/mol. The number of hydrogen-bond donors (Lipinski definition) is 1. The number of ether oxygens (including phenoxy) is 2. The van der Waals surface area contributed by atoms with Crippen molar-refractivity contribution in [2.24, 2.45) is 0 Å². The van der Waals surface area contributed by atoms with Crippen LogP contribution < -0.4 is 4.74 Å². The third kappa shape index (κ3) is 7.14. The smallest absolute Gasteiger partial charge is 0.410 e. The van der Waals surface area contributed by atoms with Crippen molar-refractivity contribution in [3.05, 3.63) is 59.7 Å². The Morgan fingerprint density at radius 2 is 1.76 bits per heavy atom. The van der Waals surface area contributed by atoms with Gasteiger partial charge in [-0.25, -0.2) is 4.79 Å². The average Bonchev–Trinajstić information content (AvgIpc) is 2.77. The van der Waals surface area contributed by atoms with E-state index >= 15 is 0 Å². The lowest BCUT2D eigenvalue weighted by molar-refractivity contribution is -0.131. The van der Waals surface area contributed by atoms with Crippen molar-refractivity contribution in [1.82, 2.24) is 9.80 Å². The predicted octanol–water partition coefficient (Wildman–Crippen LogP) is 4.37. The monoisotopic (exact) mass is 454 g/mol. The average molecular weight is 455 g/mol. The summed E-state index contributed by atoms with van der Waals surface area (Å²) in [6, 6.07) is 14.7. The Kier molecular flexibility index (Phi) is 7.84. The first kappa shape index (κ1) is 24.4. The molecule has 178 valence electrons. The van der Waals surface area contributed by atoms with Gasteiger partial charge in [-0.15, -0.1) is 0 Å². The molecule has 0 radical (unpaired) electrons. The number of carbonyl (C=O) groups is 2. The molecular weight excluding hydrogens is 420 g/mol. The van der Waals surface area contributed by atoms with Gasteiger partial charge in [-0.3, -0.25) is 4.79 Å². The Balaban J connectivity index is 1.56. The number of rotatable bonds is 6. The molecule has 7 heteroatoms. The van der Waals surface area contributed by atoms with Crippen molar-refractivity contribution < 1.29 is 24.2 Å². The Morgan fingerprint density at radius 3 is 2.39 bits per heavy atom. The molecule has 2 aromatic rings. The van der Waals surface area contributed by atoms with E-state index in [0.29, 0.717) is 43.9 Å². The van der Waals surface area contributed by atoms with Crippen LogP contribution in [0.2, 0.25) is 0 Å². The topological polar surface area (TPSA) is 79.3 Å². The van der Waals surface area contributed by atoms with Crippen molar-refractivity contribution in [2.75, 3.05) is 20.1 Å². The largest absolute Gasteiger partial charge is 0.508 e. The molecule has 1 heterocycles. The van der Waals surface area contributed by atoms with Crippen LogP contribution in [-0.4, -0.2) is 58.7 Å². The molecule has 33 heavy (non-hydrogen) atoms. The minimum Gasteiger partial charge on any atom is -0.508 e. The van der Waals surface area contributed by atoms with Crippen LogP contribution >= 0.6 is 0 Å². The Labute approximate surface area is 195 Å². The summed E-state index contributed by atoms with van der Waals surface area (Å²) in [4.78, 5) is 28.8. The summed E-state index contributed by atoms with van der Waals surface area (Å²) in [5.41, 5.74) is 1.15. The van der Waals surface area contributed by atoms with Gasteiger partial charge in [0.1, 0.15) is 23.7 Å². The summed E-state index contributed by atoms with van der Waals surface area (Å²) in [7, 11) is 1.75. The van der Waals surface area contributed by atoms with Crippen molar-refractivity contribution in [1.29, 1.82) is 0 Å². The van der Waals surface area contributed by atoms with Gasteiger partial charge in [0.15, 0.2) is 0 Å². The van der Waals surface area contributed by atoms with E-state index in [0.717, 1.165) is 5.56 Å². The fraction of sp³-hybridized carbons (Fsp3) is 0.462. The molecule has 2 amide bonds. The van der Waals surface area contributed by atoms with E-state index in [2.05, 4.69) is 0 Å². The van der Waals surface area contributed by atoms with E-state index in [1.807, 2.05) is 56.0 Å². The van der Waals surface area contributed by atoms with E-state index in [-0.39, 0.29) is 30.2 Å². The zero-order valence-electron chi connectivity index (χ0n) is 19.9. The van der Waals surface area contributed by atoms with Gasteiger partial charge in [-0.1, -0.05) is 30.3 Å². The summed E-state index contributed by atoms with van der Waals surface area (Å²) in [6.07, 6.45) is 1.19. The normalized spacial score (nSPS) is 14.6. The maximum atomic E-state index is 13.0. The minimum absolute atomic E-state index is 0.0245. The molecule has 0 bridgehead atoms. The van der Waals surface area contributed by atoms with Gasteiger partial charge in [-0.2, -0.15) is 0 Å². The molecule has 1 fully saturated rings. The number of benzene rings is 2. The van der Waals surface area contributed by atoms with Crippen molar-refractivity contribution in [3.63, 3.8) is 0 Å². The van der Waals surface area contributed by atoms with E-state index in [9.17, 15) is 14.7 Å². The third-order valence-corrected chi connectivity index (χ3v) is 5.67. The Hall–Kier alpha value is -3.22. The number of amides is 2. The fourth-order valence-electron chi connectivity index (χ4n) is 3.84. The molecule has 7 nitrogen and oxygen atoms in total. The van der Waals surface area contributed by atoms with Crippen LogP contribution in [-0.2, 0) is 22.6 Å². The van der Waals surface area contributed by atoms with E-state index < -0.39 is 5.60 Å². The summed E-state index contributed by atoms with van der Waals surface area (Å²) in [5, 5.41) is 9.94. The summed E-state index contributed by atoms with van der Waals surface area (Å²) >= 11 is 0. The third-order valence-electron chi connectivity index (χ3n) is 5.67. The van der Waals surface area contributed by atoms with Crippen LogP contribution in [0, 0.1) is 0 Å². The molecule has 1 saturated heterocycles. The second-order valence-electron chi connectivity index (χ2n) is 9.45. The molecule has 1 N–H and O–H groups in total. The summed E-state index contributed by atoms with van der Waals surface area (Å²) in [5.74, 6) is 0.663. The van der Waals surface area contributed by atoms with Gasteiger partial charge in [0.25, 0.3) is 0 Å². The Bertz CT molecular complexity index is 947. The SMILES string of the molecule is CN(C(=O)OC(C)(C)C)C1CCN(C(=O)Cc2cc(O)ccc2OCc2ccccc2)CC1. The molecule has 2 aromatic carbocycles. The first-order chi connectivity index (χ1) is 15.6. The molecule has 0 spiro atoms. The van der Waals surface area contributed by atoms with Crippen molar-refractivity contribution in [3.8, 4) is 11.5 Å². The number of phenolic OH excluding ortho intramolecular Hbond substituents is 1. The number of likely N-dealkylation sites (tertiary alicyclic amines) is 1. The first-order valence-electron chi connectivity index (χ1n) is 11.3. The maximum absolute atomic E-state index is 13.0. The van der Waals surface area contributed by atoms with Gasteiger partial charge in [0.05, 0.1) is 6.42 Å². The number of phenols is 1. The standard InChI is InChI=1S/C26H34N2O5/c1-26(2,3)33-25(31)27(4)21-12-14-28(15-13-21)24(30)17-20-16-22(29)10-11-23(20)32-18-19-8-6-5-7-9-19/h5-11,16,21,29H,12-15,17-18H2,1-4H3. The van der Waals surface area contributed by atoms with Crippen LogP contribution in [0.25, 0.3) is 0 Å². The number of nitrogens with zero attached hydrogens (tertiary/aromatic N) is 2. The van der Waals surface area contributed by atoms with Gasteiger partial charge >= 0.3 is 6.09 Å². The fourth-order valence-corrected chi connectivity index (χ4v) is 3.84. The van der Waals surface area contributed by atoms with E-state index in [4.69, 9.17) is 9.47 Å². The van der Waals surface area contributed by atoms with E-state index in [1.165, 1.54) is 0 Å². The molecule has 1 aliphatic heterocycles. The second-order valence-corrected chi connectivity index (χ2v) is 9.45. The van der Waals surface area contributed by atoms with Gasteiger partial charge in [0, 0.05) is 31.7 Å². The zero-order chi connectivity index (χ0) is 24.0. The summed E-state index contributed by atoms with van der Waals surface area (Å²) in [6.45, 7) is 7.05. The molecule has 0 unspecified atom stereocenters. The maximum Gasteiger partial charge on any atom is 0.410 e. The molecule has 3 rings (SSSR count). The highest BCUT2D eigenvalue weighted by atomic mass is 16.6. The molecule has 0 atom stereocenters. The van der Waals surface area contributed by atoms with E-state index in [1.54, 1.807) is 30.1 Å². The lowest BCUT2D eigenvalue weighted by Gasteiger charge is -2.37. The van der Waals surface area contributed by atoms with Crippen LogP contribution in [0.15, 0.2) is 48.5 Å². The number of piperidine rings is 1. The molecule has 0 aromatic heterocycles. The number of hydrogen-bond acceptors (Lipinski definition) is 5. The quantitative estimate of drug-likeness (QED) is 0.701. The highest BCUT2D eigenvalue weighted by Crippen LogP contribution is 2.26. The van der Waals surface area contributed by atoms with Gasteiger partial charge in [0.2, 0.25) is 5.91 Å². The van der Waals surface area contributed by atoms with Crippen LogP contribution in [0.4, 0.5) is 4.79 Å². The van der Waals surface area contributed by atoms with Crippen molar-refractivity contribution in [2.45, 2.75) is 58.3 Å². The number of aromatic hydroxyl groups is 1. The molecule has 0 aliphatic carbocycles. The molecule has 1 aliphatic rings. The number of carbonyl (C=O) groups excluding carboxylic acids is 2. The second kappa shape index (κ2) is 10.6. The molecule has 0 saturated carbocycles. The van der Waals surface area contributed by atoms with Crippen molar-refractivity contribution >= 4 is 12.0 Å². The minimum atomic E-state index is -0.538.